The summed E-state index contributed by atoms with van der Waals surface area (Å²) in [6.45, 7) is 0. The number of carbonyl (C=O) groups excluding carboxylic acids is 2. The molecule has 0 radical (unpaired) electrons. The molecule has 6 nitrogen and oxygen atoms in total. The zero-order valence-corrected chi connectivity index (χ0v) is 16.3. The van der Waals surface area contributed by atoms with Crippen molar-refractivity contribution in [2.75, 3.05) is 10.6 Å². The SMILES string of the molecule is O=C(O)c1ccc(NC(=O)c2cccc(NC(=O)c3cccc4ccccc34)c2)cc1. The number of benzene rings is 4. The summed E-state index contributed by atoms with van der Waals surface area (Å²) in [6.07, 6.45) is 0. The third kappa shape index (κ3) is 4.43. The van der Waals surface area contributed by atoms with Gasteiger partial charge in [0.05, 0.1) is 5.56 Å². The molecule has 0 heterocycles. The van der Waals surface area contributed by atoms with Crippen molar-refractivity contribution in [2.45, 2.75) is 0 Å². The van der Waals surface area contributed by atoms with Gasteiger partial charge in [-0.3, -0.25) is 9.59 Å². The van der Waals surface area contributed by atoms with Crippen molar-refractivity contribution in [2.24, 2.45) is 0 Å². The lowest BCUT2D eigenvalue weighted by atomic mass is 10.0. The van der Waals surface area contributed by atoms with E-state index in [0.29, 0.717) is 22.5 Å². The van der Waals surface area contributed by atoms with E-state index in [-0.39, 0.29) is 17.4 Å². The molecule has 0 aliphatic heterocycles. The van der Waals surface area contributed by atoms with Crippen LogP contribution in [0.25, 0.3) is 10.8 Å². The minimum absolute atomic E-state index is 0.135. The Labute approximate surface area is 178 Å². The fraction of sp³-hybridized carbons (Fsp3) is 0. The van der Waals surface area contributed by atoms with Crippen molar-refractivity contribution >= 4 is 39.9 Å². The van der Waals surface area contributed by atoms with Crippen LogP contribution in [0.3, 0.4) is 0 Å². The highest BCUT2D eigenvalue weighted by molar-refractivity contribution is 6.13. The molecule has 3 N–H and O–H groups in total. The topological polar surface area (TPSA) is 95.5 Å². The van der Waals surface area contributed by atoms with Crippen LogP contribution < -0.4 is 10.6 Å². The second-order valence-electron chi connectivity index (χ2n) is 6.90. The zero-order valence-electron chi connectivity index (χ0n) is 16.3. The van der Waals surface area contributed by atoms with E-state index in [4.69, 9.17) is 5.11 Å². The quantitative estimate of drug-likeness (QED) is 0.429. The molecule has 0 spiro atoms. The lowest BCUT2D eigenvalue weighted by molar-refractivity contribution is 0.0696. The molecule has 0 saturated carbocycles. The number of carboxylic acids is 1. The lowest BCUT2D eigenvalue weighted by Gasteiger charge is -2.10. The number of amides is 2. The van der Waals surface area contributed by atoms with Gasteiger partial charge >= 0.3 is 5.97 Å². The molecule has 0 unspecified atom stereocenters. The van der Waals surface area contributed by atoms with Crippen molar-refractivity contribution in [3.05, 3.63) is 108 Å². The molecule has 0 aliphatic rings. The molecule has 4 aromatic rings. The summed E-state index contributed by atoms with van der Waals surface area (Å²) in [5.74, 6) is -1.67. The smallest absolute Gasteiger partial charge is 0.335 e. The number of fused-ring (bicyclic) bond motifs is 1. The number of nitrogens with one attached hydrogen (secondary N) is 2. The van der Waals surface area contributed by atoms with Crippen molar-refractivity contribution < 1.29 is 19.5 Å². The Morgan fingerprint density at radius 2 is 1.29 bits per heavy atom. The minimum atomic E-state index is -1.03. The van der Waals surface area contributed by atoms with Crippen molar-refractivity contribution in [3.63, 3.8) is 0 Å². The maximum Gasteiger partial charge on any atom is 0.335 e. The predicted molar refractivity (Wildman–Crippen MR) is 120 cm³/mol. The van der Waals surface area contributed by atoms with Crippen LogP contribution >= 0.6 is 0 Å². The van der Waals surface area contributed by atoms with Crippen LogP contribution in [-0.2, 0) is 0 Å². The second-order valence-corrected chi connectivity index (χ2v) is 6.90. The summed E-state index contributed by atoms with van der Waals surface area (Å²) in [7, 11) is 0. The molecular formula is C25H18N2O4. The molecule has 0 atom stereocenters. The number of anilines is 2. The Bertz CT molecular complexity index is 1290. The first-order chi connectivity index (χ1) is 15.0. The Hall–Kier alpha value is -4.45. The molecule has 0 saturated heterocycles. The second kappa shape index (κ2) is 8.51. The van der Waals surface area contributed by atoms with Gasteiger partial charge in [0.25, 0.3) is 11.8 Å². The minimum Gasteiger partial charge on any atom is -0.478 e. The molecule has 2 amide bonds. The number of carboxylic acid groups (broad SMARTS) is 1. The van der Waals surface area contributed by atoms with Gasteiger partial charge in [0.2, 0.25) is 0 Å². The fourth-order valence-corrected chi connectivity index (χ4v) is 3.26. The highest BCUT2D eigenvalue weighted by Crippen LogP contribution is 2.21. The first kappa shape index (κ1) is 19.8. The van der Waals surface area contributed by atoms with Gasteiger partial charge < -0.3 is 15.7 Å². The summed E-state index contributed by atoms with van der Waals surface area (Å²) >= 11 is 0. The number of hydrogen-bond acceptors (Lipinski definition) is 3. The Balaban J connectivity index is 1.50. The van der Waals surface area contributed by atoms with E-state index in [2.05, 4.69) is 10.6 Å². The Morgan fingerprint density at radius 1 is 0.613 bits per heavy atom. The fourth-order valence-electron chi connectivity index (χ4n) is 3.26. The largest absolute Gasteiger partial charge is 0.478 e. The molecule has 152 valence electrons. The average Bonchev–Trinajstić information content (AvgIpc) is 2.79. The van der Waals surface area contributed by atoms with Gasteiger partial charge in [0, 0.05) is 22.5 Å². The first-order valence-electron chi connectivity index (χ1n) is 9.55. The number of hydrogen-bond donors (Lipinski definition) is 3. The van der Waals surface area contributed by atoms with Crippen molar-refractivity contribution in [3.8, 4) is 0 Å². The van der Waals surface area contributed by atoms with Crippen molar-refractivity contribution in [1.82, 2.24) is 0 Å². The number of rotatable bonds is 5. The molecule has 4 rings (SSSR count). The van der Waals surface area contributed by atoms with Crippen LogP contribution in [-0.4, -0.2) is 22.9 Å². The van der Waals surface area contributed by atoms with Gasteiger partial charge in [-0.2, -0.15) is 0 Å². The van der Waals surface area contributed by atoms with Crippen molar-refractivity contribution in [1.29, 1.82) is 0 Å². The molecule has 4 aromatic carbocycles. The van der Waals surface area contributed by atoms with E-state index in [1.54, 1.807) is 30.3 Å². The van der Waals surface area contributed by atoms with Gasteiger partial charge in [-0.05, 0) is 59.3 Å². The summed E-state index contributed by atoms with van der Waals surface area (Å²) < 4.78 is 0. The molecular weight excluding hydrogens is 392 g/mol. The van der Waals surface area contributed by atoms with E-state index in [1.165, 1.54) is 24.3 Å². The maximum atomic E-state index is 12.8. The van der Waals surface area contributed by atoms with Crippen LogP contribution in [0.2, 0.25) is 0 Å². The van der Waals surface area contributed by atoms with Crippen LogP contribution in [0, 0.1) is 0 Å². The van der Waals surface area contributed by atoms with E-state index in [9.17, 15) is 14.4 Å². The molecule has 0 fully saturated rings. The normalized spacial score (nSPS) is 10.5. The molecule has 31 heavy (non-hydrogen) atoms. The highest BCUT2D eigenvalue weighted by Gasteiger charge is 2.12. The third-order valence-corrected chi connectivity index (χ3v) is 4.81. The van der Waals surface area contributed by atoms with E-state index < -0.39 is 5.97 Å². The van der Waals surface area contributed by atoms with Crippen LogP contribution in [0.5, 0.6) is 0 Å². The maximum absolute atomic E-state index is 12.8. The Morgan fingerprint density at radius 3 is 2.06 bits per heavy atom. The number of aromatic carboxylic acids is 1. The summed E-state index contributed by atoms with van der Waals surface area (Å²) in [5.41, 5.74) is 2.01. The number of carbonyl (C=O) groups is 3. The lowest BCUT2D eigenvalue weighted by Crippen LogP contribution is -2.15. The van der Waals surface area contributed by atoms with Crippen LogP contribution in [0.15, 0.2) is 91.0 Å². The molecule has 6 heteroatoms. The van der Waals surface area contributed by atoms with Gasteiger partial charge in [-0.1, -0.05) is 42.5 Å². The van der Waals surface area contributed by atoms with E-state index >= 15 is 0 Å². The third-order valence-electron chi connectivity index (χ3n) is 4.81. The summed E-state index contributed by atoms with van der Waals surface area (Å²) in [4.78, 5) is 36.3. The first-order valence-corrected chi connectivity index (χ1v) is 9.55. The standard InChI is InChI=1S/C25H18N2O4/c28-23(26-19-13-11-17(12-14-19)25(30)31)18-7-3-8-20(15-18)27-24(29)22-10-4-6-16-5-1-2-9-21(16)22/h1-15H,(H,26,28)(H,27,29)(H,30,31). The molecule has 0 aromatic heterocycles. The van der Waals surface area contributed by atoms with E-state index in [0.717, 1.165) is 10.8 Å². The van der Waals surface area contributed by atoms with Gasteiger partial charge in [0.15, 0.2) is 0 Å². The molecule has 0 aliphatic carbocycles. The van der Waals surface area contributed by atoms with Gasteiger partial charge in [-0.25, -0.2) is 4.79 Å². The molecule has 0 bridgehead atoms. The monoisotopic (exact) mass is 410 g/mol. The predicted octanol–water partition coefficient (Wildman–Crippen LogP) is 5.04. The van der Waals surface area contributed by atoms with Crippen LogP contribution in [0.1, 0.15) is 31.1 Å². The van der Waals surface area contributed by atoms with Gasteiger partial charge in [-0.15, -0.1) is 0 Å². The summed E-state index contributed by atoms with van der Waals surface area (Å²) in [5, 5.41) is 16.3. The van der Waals surface area contributed by atoms with E-state index in [1.807, 2.05) is 36.4 Å². The Kier molecular flexibility index (Phi) is 5.45. The highest BCUT2D eigenvalue weighted by atomic mass is 16.4. The van der Waals surface area contributed by atoms with Gasteiger partial charge in [0.1, 0.15) is 0 Å². The zero-order chi connectivity index (χ0) is 21.8. The average molecular weight is 410 g/mol. The summed E-state index contributed by atoms with van der Waals surface area (Å²) in [6, 6.07) is 25.7. The van der Waals surface area contributed by atoms with Crippen LogP contribution in [0.4, 0.5) is 11.4 Å².